The molecule has 148 valence electrons. The normalized spacial score (nSPS) is 10.3. The van der Waals surface area contributed by atoms with Gasteiger partial charge in [0, 0.05) is 29.2 Å². The first kappa shape index (κ1) is 20.1. The monoisotopic (exact) mass is 387 g/mol. The number of hydrogen-bond acceptors (Lipinski definition) is 3. The maximum Gasteiger partial charge on any atom is 0.258 e. The average molecular weight is 387 g/mol. The van der Waals surface area contributed by atoms with Crippen molar-refractivity contribution in [1.82, 2.24) is 0 Å². The Morgan fingerprint density at radius 3 is 2.07 bits per heavy atom. The summed E-state index contributed by atoms with van der Waals surface area (Å²) in [7, 11) is 0. The molecule has 0 aliphatic rings. The Morgan fingerprint density at radius 1 is 0.828 bits per heavy atom. The van der Waals surface area contributed by atoms with Gasteiger partial charge in [0.25, 0.3) is 5.91 Å². The van der Waals surface area contributed by atoms with E-state index in [0.29, 0.717) is 17.8 Å². The van der Waals surface area contributed by atoms with Gasteiger partial charge in [0.05, 0.1) is 6.54 Å². The zero-order valence-corrected chi connectivity index (χ0v) is 16.7. The molecule has 29 heavy (non-hydrogen) atoms. The number of carbonyl (C=O) groups excluding carboxylic acids is 2. The quantitative estimate of drug-likeness (QED) is 0.617. The molecule has 3 aromatic carbocycles. The topological polar surface area (TPSA) is 61.4 Å². The summed E-state index contributed by atoms with van der Waals surface area (Å²) in [4.78, 5) is 26.7. The predicted octanol–water partition coefficient (Wildman–Crippen LogP) is 4.71. The summed E-state index contributed by atoms with van der Waals surface area (Å²) in [6, 6.07) is 24.4. The molecule has 0 unspecified atom stereocenters. The zero-order chi connectivity index (χ0) is 20.6. The molecule has 0 spiro atoms. The van der Waals surface area contributed by atoms with Crippen molar-refractivity contribution in [3.63, 3.8) is 0 Å². The van der Waals surface area contributed by atoms with E-state index in [4.69, 9.17) is 0 Å². The minimum atomic E-state index is -0.149. The Morgan fingerprint density at radius 2 is 1.45 bits per heavy atom. The fourth-order valence-corrected chi connectivity index (χ4v) is 2.96. The third-order valence-corrected chi connectivity index (χ3v) is 4.55. The highest BCUT2D eigenvalue weighted by atomic mass is 16.2. The van der Waals surface area contributed by atoms with Gasteiger partial charge < -0.3 is 15.5 Å². The lowest BCUT2D eigenvalue weighted by atomic mass is 10.1. The van der Waals surface area contributed by atoms with Crippen molar-refractivity contribution in [2.24, 2.45) is 0 Å². The highest BCUT2D eigenvalue weighted by molar-refractivity contribution is 6.06. The molecule has 0 aromatic heterocycles. The molecule has 0 bridgehead atoms. The summed E-state index contributed by atoms with van der Waals surface area (Å²) in [5.41, 5.74) is 4.15. The second-order valence-electron chi connectivity index (χ2n) is 6.73. The van der Waals surface area contributed by atoms with Crippen LogP contribution in [0.1, 0.15) is 22.8 Å². The van der Waals surface area contributed by atoms with Gasteiger partial charge in [-0.15, -0.1) is 0 Å². The molecular weight excluding hydrogens is 362 g/mol. The zero-order valence-electron chi connectivity index (χ0n) is 16.7. The molecule has 5 heteroatoms. The van der Waals surface area contributed by atoms with Crippen molar-refractivity contribution in [3.8, 4) is 0 Å². The largest absolute Gasteiger partial charge is 0.376 e. The molecule has 3 rings (SSSR count). The van der Waals surface area contributed by atoms with Crippen molar-refractivity contribution in [2.75, 3.05) is 28.6 Å². The first-order valence-electron chi connectivity index (χ1n) is 9.64. The van der Waals surface area contributed by atoms with E-state index in [9.17, 15) is 9.59 Å². The van der Waals surface area contributed by atoms with E-state index in [2.05, 4.69) is 10.6 Å². The van der Waals surface area contributed by atoms with Crippen LogP contribution in [0.5, 0.6) is 0 Å². The summed E-state index contributed by atoms with van der Waals surface area (Å²) < 4.78 is 0. The second-order valence-corrected chi connectivity index (χ2v) is 6.73. The number of nitrogens with one attached hydrogen (secondary N) is 2. The molecule has 0 aliphatic heterocycles. The van der Waals surface area contributed by atoms with Gasteiger partial charge in [-0.2, -0.15) is 0 Å². The standard InChI is InChI=1S/C24H25N3O2/c1-3-27(22-7-5-4-6-8-22)24(29)19-11-15-21(16-12-19)26-23(28)17-25-20-13-9-18(2)10-14-20/h4-16,25H,3,17H2,1-2H3,(H,26,28). The van der Waals surface area contributed by atoms with Crippen LogP contribution in [0, 0.1) is 6.92 Å². The molecule has 2 amide bonds. The van der Waals surface area contributed by atoms with Crippen molar-refractivity contribution in [2.45, 2.75) is 13.8 Å². The van der Waals surface area contributed by atoms with Gasteiger partial charge in [-0.1, -0.05) is 35.9 Å². The molecule has 3 aromatic rings. The van der Waals surface area contributed by atoms with Gasteiger partial charge in [-0.3, -0.25) is 9.59 Å². The van der Waals surface area contributed by atoms with Crippen LogP contribution < -0.4 is 15.5 Å². The van der Waals surface area contributed by atoms with Gasteiger partial charge >= 0.3 is 0 Å². The van der Waals surface area contributed by atoms with Crippen LogP contribution in [0.2, 0.25) is 0 Å². The number of amides is 2. The second kappa shape index (κ2) is 9.55. The SMILES string of the molecule is CCN(C(=O)c1ccc(NC(=O)CNc2ccc(C)cc2)cc1)c1ccccc1. The Kier molecular flexibility index (Phi) is 6.63. The van der Waals surface area contributed by atoms with E-state index in [1.54, 1.807) is 29.2 Å². The number of benzene rings is 3. The number of aryl methyl sites for hydroxylation is 1. The van der Waals surface area contributed by atoms with Gasteiger partial charge in [0.15, 0.2) is 0 Å². The third-order valence-electron chi connectivity index (χ3n) is 4.55. The molecular formula is C24H25N3O2. The Hall–Kier alpha value is -3.60. The Labute approximate surface area is 171 Å². The Balaban J connectivity index is 1.58. The van der Waals surface area contributed by atoms with Crippen LogP contribution >= 0.6 is 0 Å². The highest BCUT2D eigenvalue weighted by Gasteiger charge is 2.15. The fraction of sp³-hybridized carbons (Fsp3) is 0.167. The molecule has 0 heterocycles. The van der Waals surface area contributed by atoms with E-state index in [1.807, 2.05) is 68.4 Å². The van der Waals surface area contributed by atoms with E-state index in [1.165, 1.54) is 5.56 Å². The van der Waals surface area contributed by atoms with E-state index in [0.717, 1.165) is 11.4 Å². The summed E-state index contributed by atoms with van der Waals surface area (Å²) >= 11 is 0. The number of anilines is 3. The molecule has 0 radical (unpaired) electrons. The number of para-hydroxylation sites is 1. The molecule has 0 saturated carbocycles. The van der Waals surface area contributed by atoms with Crippen molar-refractivity contribution >= 4 is 28.9 Å². The Bertz CT molecular complexity index is 952. The van der Waals surface area contributed by atoms with Crippen molar-refractivity contribution < 1.29 is 9.59 Å². The van der Waals surface area contributed by atoms with Crippen LogP contribution in [0.4, 0.5) is 17.1 Å². The average Bonchev–Trinajstić information content (AvgIpc) is 2.75. The van der Waals surface area contributed by atoms with E-state index in [-0.39, 0.29) is 18.4 Å². The summed E-state index contributed by atoms with van der Waals surface area (Å²) in [5, 5.41) is 5.93. The number of nitrogens with zero attached hydrogens (tertiary/aromatic N) is 1. The molecule has 0 saturated heterocycles. The number of carbonyl (C=O) groups is 2. The maximum atomic E-state index is 12.8. The van der Waals surface area contributed by atoms with Crippen LogP contribution in [-0.2, 0) is 4.79 Å². The van der Waals surface area contributed by atoms with Gasteiger partial charge in [-0.25, -0.2) is 0 Å². The molecule has 0 aliphatic carbocycles. The predicted molar refractivity (Wildman–Crippen MR) is 119 cm³/mol. The lowest BCUT2D eigenvalue weighted by Gasteiger charge is -2.21. The summed E-state index contributed by atoms with van der Waals surface area (Å²) in [6.45, 7) is 4.71. The van der Waals surface area contributed by atoms with Gasteiger partial charge in [0.2, 0.25) is 5.91 Å². The lowest BCUT2D eigenvalue weighted by Crippen LogP contribution is -2.30. The molecule has 2 N–H and O–H groups in total. The smallest absolute Gasteiger partial charge is 0.258 e. The van der Waals surface area contributed by atoms with Crippen LogP contribution in [0.15, 0.2) is 78.9 Å². The molecule has 0 atom stereocenters. The van der Waals surface area contributed by atoms with Gasteiger partial charge in [0.1, 0.15) is 0 Å². The maximum absolute atomic E-state index is 12.8. The van der Waals surface area contributed by atoms with Crippen LogP contribution in [0.3, 0.4) is 0 Å². The molecule has 5 nitrogen and oxygen atoms in total. The first-order valence-corrected chi connectivity index (χ1v) is 9.64. The van der Waals surface area contributed by atoms with E-state index >= 15 is 0 Å². The van der Waals surface area contributed by atoms with Gasteiger partial charge in [-0.05, 0) is 62.4 Å². The van der Waals surface area contributed by atoms with Crippen molar-refractivity contribution in [3.05, 3.63) is 90.0 Å². The lowest BCUT2D eigenvalue weighted by molar-refractivity contribution is -0.114. The first-order chi connectivity index (χ1) is 14.1. The summed E-state index contributed by atoms with van der Waals surface area (Å²) in [6.07, 6.45) is 0. The summed E-state index contributed by atoms with van der Waals surface area (Å²) in [5.74, 6) is -0.221. The molecule has 0 fully saturated rings. The number of hydrogen-bond donors (Lipinski definition) is 2. The minimum absolute atomic E-state index is 0.0717. The highest BCUT2D eigenvalue weighted by Crippen LogP contribution is 2.18. The van der Waals surface area contributed by atoms with Crippen molar-refractivity contribution in [1.29, 1.82) is 0 Å². The minimum Gasteiger partial charge on any atom is -0.376 e. The third kappa shape index (κ3) is 5.45. The van der Waals surface area contributed by atoms with Crippen LogP contribution in [0.25, 0.3) is 0 Å². The van der Waals surface area contributed by atoms with Crippen LogP contribution in [-0.4, -0.2) is 24.9 Å². The number of rotatable bonds is 7. The fourth-order valence-electron chi connectivity index (χ4n) is 2.96. The van der Waals surface area contributed by atoms with E-state index < -0.39 is 0 Å².